The second kappa shape index (κ2) is 8.78. The summed E-state index contributed by atoms with van der Waals surface area (Å²) < 4.78 is 4.64. The Bertz CT molecular complexity index is 192. The van der Waals surface area contributed by atoms with Crippen molar-refractivity contribution >= 4 is 5.97 Å². The largest absolute Gasteiger partial charge is 0.432 e. The van der Waals surface area contributed by atoms with Gasteiger partial charge < -0.3 is 4.74 Å². The van der Waals surface area contributed by atoms with Crippen LogP contribution in [-0.2, 0) is 9.53 Å². The predicted molar refractivity (Wildman–Crippen MR) is 54.1 cm³/mol. The van der Waals surface area contributed by atoms with Gasteiger partial charge in [0.15, 0.2) is 0 Å². The van der Waals surface area contributed by atoms with Gasteiger partial charge in [0.05, 0.1) is 6.26 Å². The third-order valence-electron chi connectivity index (χ3n) is 1.48. The third-order valence-corrected chi connectivity index (χ3v) is 1.48. The van der Waals surface area contributed by atoms with E-state index in [4.69, 9.17) is 0 Å². The standard InChI is InChI=1S/C11H16O2/c1-3-5-6-7-8-9-10-13-11(12)4-2/h3-4,9-10H,1-2,5-8H2/b10-9+. The maximum atomic E-state index is 10.5. The highest BCUT2D eigenvalue weighted by atomic mass is 16.5. The van der Waals surface area contributed by atoms with Crippen LogP contribution in [0.5, 0.6) is 0 Å². The molecule has 0 heterocycles. The average molecular weight is 180 g/mol. The van der Waals surface area contributed by atoms with Gasteiger partial charge in [0, 0.05) is 6.08 Å². The lowest BCUT2D eigenvalue weighted by Crippen LogP contribution is -1.91. The van der Waals surface area contributed by atoms with E-state index in [-0.39, 0.29) is 0 Å². The van der Waals surface area contributed by atoms with Crippen molar-refractivity contribution in [3.8, 4) is 0 Å². The van der Waals surface area contributed by atoms with Crippen molar-refractivity contribution in [1.29, 1.82) is 0 Å². The van der Waals surface area contributed by atoms with Gasteiger partial charge in [-0.2, -0.15) is 0 Å². The highest BCUT2D eigenvalue weighted by molar-refractivity contribution is 5.81. The van der Waals surface area contributed by atoms with Crippen molar-refractivity contribution in [2.24, 2.45) is 0 Å². The monoisotopic (exact) mass is 180 g/mol. The Morgan fingerprint density at radius 3 is 2.54 bits per heavy atom. The van der Waals surface area contributed by atoms with E-state index >= 15 is 0 Å². The third kappa shape index (κ3) is 8.60. The lowest BCUT2D eigenvalue weighted by atomic mass is 10.2. The van der Waals surface area contributed by atoms with E-state index < -0.39 is 5.97 Å². The zero-order valence-corrected chi connectivity index (χ0v) is 7.87. The Morgan fingerprint density at radius 1 is 1.23 bits per heavy atom. The molecule has 0 rings (SSSR count). The Labute approximate surface area is 79.6 Å². The number of carbonyl (C=O) groups is 1. The summed E-state index contributed by atoms with van der Waals surface area (Å²) in [6.07, 6.45) is 10.5. The van der Waals surface area contributed by atoms with Gasteiger partial charge in [-0.15, -0.1) is 6.58 Å². The van der Waals surface area contributed by atoms with Crippen molar-refractivity contribution in [1.82, 2.24) is 0 Å². The molecule has 0 radical (unpaired) electrons. The van der Waals surface area contributed by atoms with Crippen LogP contribution in [0.1, 0.15) is 25.7 Å². The average Bonchev–Trinajstić information content (AvgIpc) is 2.16. The Morgan fingerprint density at radius 2 is 1.92 bits per heavy atom. The number of allylic oxidation sites excluding steroid dienone is 2. The molecule has 13 heavy (non-hydrogen) atoms. The van der Waals surface area contributed by atoms with Crippen LogP contribution in [0.3, 0.4) is 0 Å². The van der Waals surface area contributed by atoms with Crippen molar-refractivity contribution in [2.45, 2.75) is 25.7 Å². The Kier molecular flexibility index (Phi) is 7.90. The second-order valence-electron chi connectivity index (χ2n) is 2.59. The number of unbranched alkanes of at least 4 members (excludes halogenated alkanes) is 3. The maximum Gasteiger partial charge on any atom is 0.334 e. The van der Waals surface area contributed by atoms with E-state index in [0.29, 0.717) is 0 Å². The summed E-state index contributed by atoms with van der Waals surface area (Å²) >= 11 is 0. The Balaban J connectivity index is 3.26. The number of ether oxygens (including phenoxy) is 1. The SMILES string of the molecule is C=CCCCC/C=C/OC(=O)C=C. The van der Waals surface area contributed by atoms with E-state index in [1.807, 2.05) is 12.2 Å². The molecule has 0 aliphatic heterocycles. The first-order valence-corrected chi connectivity index (χ1v) is 4.40. The molecule has 0 aliphatic carbocycles. The quantitative estimate of drug-likeness (QED) is 0.198. The highest BCUT2D eigenvalue weighted by Gasteiger charge is 1.88. The Hall–Kier alpha value is -1.31. The molecule has 0 bridgehead atoms. The summed E-state index contributed by atoms with van der Waals surface area (Å²) in [5, 5.41) is 0. The minimum absolute atomic E-state index is 0.414. The van der Waals surface area contributed by atoms with Crippen LogP contribution in [0, 0.1) is 0 Å². The molecule has 2 heteroatoms. The first-order valence-electron chi connectivity index (χ1n) is 4.40. The van der Waals surface area contributed by atoms with Gasteiger partial charge in [-0.3, -0.25) is 0 Å². The van der Waals surface area contributed by atoms with Crippen molar-refractivity contribution in [3.05, 3.63) is 37.6 Å². The van der Waals surface area contributed by atoms with Crippen LogP contribution in [0.4, 0.5) is 0 Å². The van der Waals surface area contributed by atoms with E-state index in [2.05, 4.69) is 17.9 Å². The molecule has 0 spiro atoms. The smallest absolute Gasteiger partial charge is 0.334 e. The van der Waals surface area contributed by atoms with Crippen LogP contribution in [0.25, 0.3) is 0 Å². The molecule has 0 unspecified atom stereocenters. The number of hydrogen-bond donors (Lipinski definition) is 0. The normalized spacial score (nSPS) is 9.85. The summed E-state index contributed by atoms with van der Waals surface area (Å²) in [4.78, 5) is 10.5. The molecule has 72 valence electrons. The summed E-state index contributed by atoms with van der Waals surface area (Å²) in [7, 11) is 0. The number of hydrogen-bond acceptors (Lipinski definition) is 2. The summed E-state index contributed by atoms with van der Waals surface area (Å²) in [5.74, 6) is -0.414. The van der Waals surface area contributed by atoms with Gasteiger partial charge in [0.25, 0.3) is 0 Å². The van der Waals surface area contributed by atoms with Crippen molar-refractivity contribution < 1.29 is 9.53 Å². The van der Waals surface area contributed by atoms with Crippen LogP contribution >= 0.6 is 0 Å². The minimum Gasteiger partial charge on any atom is -0.432 e. The zero-order valence-electron chi connectivity index (χ0n) is 7.87. The van der Waals surface area contributed by atoms with Crippen molar-refractivity contribution in [2.75, 3.05) is 0 Å². The molecule has 0 aromatic carbocycles. The van der Waals surface area contributed by atoms with Gasteiger partial charge >= 0.3 is 5.97 Å². The minimum atomic E-state index is -0.414. The summed E-state index contributed by atoms with van der Waals surface area (Å²) in [6, 6.07) is 0. The molecule has 0 amide bonds. The van der Waals surface area contributed by atoms with Gasteiger partial charge in [0.2, 0.25) is 0 Å². The maximum absolute atomic E-state index is 10.5. The topological polar surface area (TPSA) is 26.3 Å². The molecular weight excluding hydrogens is 164 g/mol. The molecule has 0 aliphatic rings. The van der Waals surface area contributed by atoms with Crippen molar-refractivity contribution in [3.63, 3.8) is 0 Å². The molecule has 0 atom stereocenters. The van der Waals surface area contributed by atoms with Crippen LogP contribution < -0.4 is 0 Å². The first-order chi connectivity index (χ1) is 6.31. The predicted octanol–water partition coefficient (Wildman–Crippen LogP) is 2.98. The fourth-order valence-electron chi connectivity index (χ4n) is 0.782. The van der Waals surface area contributed by atoms with E-state index in [9.17, 15) is 4.79 Å². The van der Waals surface area contributed by atoms with Gasteiger partial charge in [-0.1, -0.05) is 12.7 Å². The highest BCUT2D eigenvalue weighted by Crippen LogP contribution is 2.00. The molecule has 0 fully saturated rings. The summed E-state index contributed by atoms with van der Waals surface area (Å²) in [5.41, 5.74) is 0. The van der Waals surface area contributed by atoms with Crippen LogP contribution in [0.2, 0.25) is 0 Å². The molecule has 0 saturated heterocycles. The second-order valence-corrected chi connectivity index (χ2v) is 2.59. The molecule has 0 aromatic rings. The van der Waals surface area contributed by atoms with Gasteiger partial charge in [-0.05, 0) is 31.8 Å². The van der Waals surface area contributed by atoms with E-state index in [1.165, 1.54) is 6.26 Å². The fraction of sp³-hybridized carbons (Fsp3) is 0.364. The fourth-order valence-corrected chi connectivity index (χ4v) is 0.782. The number of rotatable bonds is 7. The molecule has 0 saturated carbocycles. The summed E-state index contributed by atoms with van der Waals surface area (Å²) in [6.45, 7) is 6.91. The first kappa shape index (κ1) is 11.7. The van der Waals surface area contributed by atoms with Crippen LogP contribution in [0.15, 0.2) is 37.6 Å². The molecule has 0 aromatic heterocycles. The van der Waals surface area contributed by atoms with Gasteiger partial charge in [0.1, 0.15) is 0 Å². The van der Waals surface area contributed by atoms with E-state index in [0.717, 1.165) is 31.8 Å². The van der Waals surface area contributed by atoms with E-state index in [1.54, 1.807) is 0 Å². The molecular formula is C11H16O2. The number of carbonyl (C=O) groups excluding carboxylic acids is 1. The lowest BCUT2D eigenvalue weighted by Gasteiger charge is -1.93. The number of esters is 1. The molecule has 2 nitrogen and oxygen atoms in total. The lowest BCUT2D eigenvalue weighted by molar-refractivity contribution is -0.132. The zero-order chi connectivity index (χ0) is 9.94. The molecule has 0 N–H and O–H groups in total. The van der Waals surface area contributed by atoms with Crippen LogP contribution in [-0.4, -0.2) is 5.97 Å². The van der Waals surface area contributed by atoms with Gasteiger partial charge in [-0.25, -0.2) is 4.79 Å².